The van der Waals surface area contributed by atoms with Gasteiger partial charge in [-0.15, -0.1) is 10.2 Å². The van der Waals surface area contributed by atoms with E-state index in [1.54, 1.807) is 29.8 Å². The van der Waals surface area contributed by atoms with E-state index < -0.39 is 26.6 Å². The van der Waals surface area contributed by atoms with Crippen LogP contribution in [0.15, 0.2) is 63.7 Å². The van der Waals surface area contributed by atoms with Gasteiger partial charge in [0.25, 0.3) is 10.0 Å². The topological polar surface area (TPSA) is 76.9 Å². The molecule has 0 spiro atoms. The van der Waals surface area contributed by atoms with Gasteiger partial charge < -0.3 is 4.57 Å². The number of rotatable bonds is 5. The number of para-hydroxylation sites is 1. The summed E-state index contributed by atoms with van der Waals surface area (Å²) in [7, 11) is -2.70. The molecule has 0 radical (unpaired) electrons. The van der Waals surface area contributed by atoms with E-state index in [1.807, 2.05) is 0 Å². The number of sulfonamides is 1. The van der Waals surface area contributed by atoms with Crippen LogP contribution in [0.25, 0.3) is 0 Å². The standard InChI is InChI=1S/C15H12F2N4O2S2/c1-21-9-18-19-15(21)24-13-8-3-2-7-12(13)20-25(22,23)14-10(16)5-4-6-11(14)17/h2-9,20H,1H3. The number of hydrogen-bond acceptors (Lipinski definition) is 5. The predicted octanol–water partition coefficient (Wildman–Crippen LogP) is 3.05. The molecule has 3 rings (SSSR count). The molecule has 130 valence electrons. The van der Waals surface area contributed by atoms with E-state index in [0.29, 0.717) is 10.1 Å². The van der Waals surface area contributed by atoms with Gasteiger partial charge in [-0.2, -0.15) is 0 Å². The minimum atomic E-state index is -4.44. The number of benzene rings is 2. The van der Waals surface area contributed by atoms with Crippen LogP contribution in [-0.4, -0.2) is 23.2 Å². The second kappa shape index (κ2) is 6.81. The Hall–Kier alpha value is -2.46. The van der Waals surface area contributed by atoms with Crippen molar-refractivity contribution in [3.8, 4) is 0 Å². The highest BCUT2D eigenvalue weighted by Crippen LogP contribution is 2.33. The molecule has 0 unspecified atom stereocenters. The molecule has 0 aliphatic carbocycles. The lowest BCUT2D eigenvalue weighted by Crippen LogP contribution is -2.16. The van der Waals surface area contributed by atoms with Crippen molar-refractivity contribution in [1.82, 2.24) is 14.8 Å². The number of nitrogens with one attached hydrogen (secondary N) is 1. The van der Waals surface area contributed by atoms with Crippen molar-refractivity contribution >= 4 is 27.5 Å². The zero-order chi connectivity index (χ0) is 18.0. The van der Waals surface area contributed by atoms with E-state index in [-0.39, 0.29) is 5.69 Å². The lowest BCUT2D eigenvalue weighted by Gasteiger charge is -2.13. The fourth-order valence-electron chi connectivity index (χ4n) is 2.04. The third-order valence-corrected chi connectivity index (χ3v) is 5.73. The molecule has 0 aliphatic heterocycles. The molecule has 3 aromatic rings. The molecular formula is C15H12F2N4O2S2. The molecule has 1 N–H and O–H groups in total. The van der Waals surface area contributed by atoms with Crippen molar-refractivity contribution in [2.45, 2.75) is 14.9 Å². The van der Waals surface area contributed by atoms with Gasteiger partial charge in [-0.1, -0.05) is 18.2 Å². The van der Waals surface area contributed by atoms with Crippen LogP contribution >= 0.6 is 11.8 Å². The van der Waals surface area contributed by atoms with Crippen molar-refractivity contribution in [3.05, 3.63) is 60.4 Å². The molecule has 1 heterocycles. The molecule has 25 heavy (non-hydrogen) atoms. The van der Waals surface area contributed by atoms with Crippen molar-refractivity contribution in [2.75, 3.05) is 4.72 Å². The minimum absolute atomic E-state index is 0.179. The molecule has 0 amide bonds. The zero-order valence-corrected chi connectivity index (χ0v) is 14.5. The summed E-state index contributed by atoms with van der Waals surface area (Å²) in [6, 6.07) is 9.34. The van der Waals surface area contributed by atoms with Crippen LogP contribution in [0.4, 0.5) is 14.5 Å². The number of halogens is 2. The van der Waals surface area contributed by atoms with Gasteiger partial charge in [-0.3, -0.25) is 4.72 Å². The van der Waals surface area contributed by atoms with E-state index in [0.717, 1.165) is 18.2 Å². The second-order valence-corrected chi connectivity index (χ2v) is 7.61. The third kappa shape index (κ3) is 3.64. The summed E-state index contributed by atoms with van der Waals surface area (Å²) in [6.07, 6.45) is 1.50. The van der Waals surface area contributed by atoms with Crippen molar-refractivity contribution < 1.29 is 17.2 Å². The van der Waals surface area contributed by atoms with Crippen LogP contribution in [0.5, 0.6) is 0 Å². The maximum Gasteiger partial charge on any atom is 0.267 e. The van der Waals surface area contributed by atoms with Crippen LogP contribution in [-0.2, 0) is 17.1 Å². The van der Waals surface area contributed by atoms with Gasteiger partial charge in [0.05, 0.1) is 5.69 Å². The van der Waals surface area contributed by atoms with Crippen molar-refractivity contribution in [1.29, 1.82) is 0 Å². The largest absolute Gasteiger partial charge is 0.311 e. The first-order valence-electron chi connectivity index (χ1n) is 6.96. The van der Waals surface area contributed by atoms with Gasteiger partial charge in [0, 0.05) is 11.9 Å². The SMILES string of the molecule is Cn1cnnc1Sc1ccccc1NS(=O)(=O)c1c(F)cccc1F. The van der Waals surface area contributed by atoms with Gasteiger partial charge in [0.1, 0.15) is 18.0 Å². The number of aromatic nitrogens is 3. The Morgan fingerprint density at radius 1 is 1.08 bits per heavy atom. The molecule has 1 aromatic heterocycles. The molecule has 0 atom stereocenters. The fourth-order valence-corrected chi connectivity index (χ4v) is 4.17. The summed E-state index contributed by atoms with van der Waals surface area (Å²) >= 11 is 1.17. The van der Waals surface area contributed by atoms with E-state index in [4.69, 9.17) is 0 Å². The summed E-state index contributed by atoms with van der Waals surface area (Å²) in [5.74, 6) is -2.32. The molecule has 0 bridgehead atoms. The van der Waals surface area contributed by atoms with E-state index in [9.17, 15) is 17.2 Å². The van der Waals surface area contributed by atoms with Crippen LogP contribution in [0.3, 0.4) is 0 Å². The van der Waals surface area contributed by atoms with Crippen molar-refractivity contribution in [2.24, 2.45) is 7.05 Å². The fraction of sp³-hybridized carbons (Fsp3) is 0.0667. The molecule has 0 fully saturated rings. The van der Waals surface area contributed by atoms with Crippen molar-refractivity contribution in [3.63, 3.8) is 0 Å². The first-order valence-corrected chi connectivity index (χ1v) is 9.26. The highest BCUT2D eigenvalue weighted by molar-refractivity contribution is 7.99. The lowest BCUT2D eigenvalue weighted by atomic mass is 10.3. The summed E-state index contributed by atoms with van der Waals surface area (Å²) < 4.78 is 56.4. The van der Waals surface area contributed by atoms with Gasteiger partial charge in [0.2, 0.25) is 0 Å². The molecule has 6 nitrogen and oxygen atoms in total. The average molecular weight is 382 g/mol. The first-order chi connectivity index (χ1) is 11.9. The predicted molar refractivity (Wildman–Crippen MR) is 88.7 cm³/mol. The first kappa shape index (κ1) is 17.4. The van der Waals surface area contributed by atoms with Crippen LogP contribution in [0.1, 0.15) is 0 Å². The lowest BCUT2D eigenvalue weighted by molar-refractivity contribution is 0.521. The Balaban J connectivity index is 1.97. The number of anilines is 1. The number of nitrogens with zero attached hydrogens (tertiary/aromatic N) is 3. The van der Waals surface area contributed by atoms with E-state index in [2.05, 4.69) is 14.9 Å². The normalized spacial score (nSPS) is 11.5. The van der Waals surface area contributed by atoms with Crippen LogP contribution in [0, 0.1) is 11.6 Å². The highest BCUT2D eigenvalue weighted by atomic mass is 32.2. The van der Waals surface area contributed by atoms with Gasteiger partial charge >= 0.3 is 0 Å². The Morgan fingerprint density at radius 3 is 2.40 bits per heavy atom. The van der Waals surface area contributed by atoms with E-state index >= 15 is 0 Å². The summed E-state index contributed by atoms with van der Waals surface area (Å²) in [5.41, 5.74) is 0.179. The highest BCUT2D eigenvalue weighted by Gasteiger charge is 2.25. The van der Waals surface area contributed by atoms with Crippen LogP contribution in [0.2, 0.25) is 0 Å². The minimum Gasteiger partial charge on any atom is -0.311 e. The molecule has 0 saturated carbocycles. The average Bonchev–Trinajstić information content (AvgIpc) is 2.94. The Labute approximate surface area is 147 Å². The molecule has 0 aliphatic rings. The summed E-state index contributed by atoms with van der Waals surface area (Å²) in [4.78, 5) is -0.507. The molecule has 10 heteroatoms. The Morgan fingerprint density at radius 2 is 1.76 bits per heavy atom. The second-order valence-electron chi connectivity index (χ2n) is 4.98. The van der Waals surface area contributed by atoms with E-state index in [1.165, 1.54) is 24.2 Å². The molecule has 2 aromatic carbocycles. The van der Waals surface area contributed by atoms with Crippen LogP contribution < -0.4 is 4.72 Å². The maximum atomic E-state index is 13.8. The van der Waals surface area contributed by atoms with Gasteiger partial charge in [-0.05, 0) is 36.0 Å². The number of hydrogen-bond donors (Lipinski definition) is 1. The Kier molecular flexibility index (Phi) is 4.73. The Bertz CT molecular complexity index is 1000. The summed E-state index contributed by atoms with van der Waals surface area (Å²) in [5, 5.41) is 8.19. The zero-order valence-electron chi connectivity index (χ0n) is 12.8. The molecular weight excluding hydrogens is 370 g/mol. The maximum absolute atomic E-state index is 13.8. The quantitative estimate of drug-likeness (QED) is 0.734. The molecule has 0 saturated heterocycles. The van der Waals surface area contributed by atoms with Gasteiger partial charge in [0.15, 0.2) is 10.1 Å². The third-order valence-electron chi connectivity index (χ3n) is 3.19. The summed E-state index contributed by atoms with van der Waals surface area (Å²) in [6.45, 7) is 0. The van der Waals surface area contributed by atoms with Gasteiger partial charge in [-0.25, -0.2) is 17.2 Å². The number of aryl methyl sites for hydroxylation is 1. The monoisotopic (exact) mass is 382 g/mol. The smallest absolute Gasteiger partial charge is 0.267 e.